The number of methoxy groups -OCH3 is 1. The Kier molecular flexibility index (Phi) is 6.14. The van der Waals surface area contributed by atoms with Crippen molar-refractivity contribution in [3.05, 3.63) is 41.0 Å². The van der Waals surface area contributed by atoms with Gasteiger partial charge in [0.1, 0.15) is 5.76 Å². The second kappa shape index (κ2) is 7.37. The lowest BCUT2D eigenvalue weighted by Crippen LogP contribution is -2.14. The summed E-state index contributed by atoms with van der Waals surface area (Å²) in [5.74, 6) is 1.69. The van der Waals surface area contributed by atoms with E-state index in [0.29, 0.717) is 0 Å². The first-order valence-electron chi connectivity index (χ1n) is 7.45. The minimum absolute atomic E-state index is 0.765. The van der Waals surface area contributed by atoms with Crippen molar-refractivity contribution in [3.63, 3.8) is 0 Å². The number of rotatable bonds is 4. The van der Waals surface area contributed by atoms with Gasteiger partial charge in [-0.3, -0.25) is 0 Å². The standard InChI is InChI=1S/C16H22O.C2H6/c1-11-9-16(13(3)17-4)12(2)8-15(11)10-14-6-5-7-14;1-2/h8-9,14H,3,5-7,10H2,1-2,4H3;1-2H3. The van der Waals surface area contributed by atoms with Crippen molar-refractivity contribution in [2.45, 2.75) is 53.4 Å². The van der Waals surface area contributed by atoms with E-state index in [4.69, 9.17) is 4.74 Å². The van der Waals surface area contributed by atoms with E-state index in [1.165, 1.54) is 42.4 Å². The van der Waals surface area contributed by atoms with Crippen LogP contribution in [0, 0.1) is 19.8 Å². The Morgan fingerprint density at radius 1 is 1.21 bits per heavy atom. The van der Waals surface area contributed by atoms with Crippen LogP contribution in [0.3, 0.4) is 0 Å². The van der Waals surface area contributed by atoms with Crippen molar-refractivity contribution in [2.75, 3.05) is 7.11 Å². The van der Waals surface area contributed by atoms with Crippen molar-refractivity contribution < 1.29 is 4.74 Å². The maximum Gasteiger partial charge on any atom is 0.119 e. The molecule has 1 aromatic carbocycles. The third-order valence-electron chi connectivity index (χ3n) is 3.96. The van der Waals surface area contributed by atoms with Gasteiger partial charge in [0.15, 0.2) is 0 Å². The molecule has 1 aliphatic rings. The van der Waals surface area contributed by atoms with Crippen LogP contribution < -0.4 is 0 Å². The van der Waals surface area contributed by atoms with Gasteiger partial charge < -0.3 is 4.74 Å². The number of ether oxygens (including phenoxy) is 1. The minimum Gasteiger partial charge on any atom is -0.497 e. The van der Waals surface area contributed by atoms with Gasteiger partial charge in [-0.2, -0.15) is 0 Å². The van der Waals surface area contributed by atoms with Gasteiger partial charge in [-0.1, -0.05) is 45.8 Å². The van der Waals surface area contributed by atoms with Crippen LogP contribution >= 0.6 is 0 Å². The van der Waals surface area contributed by atoms with E-state index in [0.717, 1.165) is 17.2 Å². The van der Waals surface area contributed by atoms with Gasteiger partial charge in [0, 0.05) is 5.56 Å². The molecule has 1 aliphatic carbocycles. The SMILES string of the molecule is C=C(OC)c1cc(C)c(CC2CCC2)cc1C.CC. The zero-order chi connectivity index (χ0) is 14.4. The largest absolute Gasteiger partial charge is 0.497 e. The number of benzene rings is 1. The first kappa shape index (κ1) is 15.8. The summed E-state index contributed by atoms with van der Waals surface area (Å²) in [6.45, 7) is 12.3. The van der Waals surface area contributed by atoms with E-state index >= 15 is 0 Å². The summed E-state index contributed by atoms with van der Waals surface area (Å²) >= 11 is 0. The average Bonchev–Trinajstić information content (AvgIpc) is 2.38. The summed E-state index contributed by atoms with van der Waals surface area (Å²) in [6, 6.07) is 4.53. The smallest absolute Gasteiger partial charge is 0.119 e. The van der Waals surface area contributed by atoms with Gasteiger partial charge in [-0.15, -0.1) is 0 Å². The quantitative estimate of drug-likeness (QED) is 0.668. The molecule has 1 heteroatoms. The molecule has 0 saturated heterocycles. The molecule has 0 N–H and O–H groups in total. The van der Waals surface area contributed by atoms with E-state index in [-0.39, 0.29) is 0 Å². The zero-order valence-electron chi connectivity index (χ0n) is 13.2. The van der Waals surface area contributed by atoms with E-state index in [2.05, 4.69) is 32.6 Å². The molecule has 0 aliphatic heterocycles. The predicted molar refractivity (Wildman–Crippen MR) is 84.4 cm³/mol. The number of aryl methyl sites for hydroxylation is 2. The van der Waals surface area contributed by atoms with Crippen LogP contribution in [0.15, 0.2) is 18.7 Å². The van der Waals surface area contributed by atoms with Gasteiger partial charge in [0.2, 0.25) is 0 Å². The second-order valence-electron chi connectivity index (χ2n) is 5.22. The fourth-order valence-corrected chi connectivity index (χ4v) is 2.51. The van der Waals surface area contributed by atoms with Crippen LogP contribution in [-0.2, 0) is 11.2 Å². The molecular formula is C18H28O. The Morgan fingerprint density at radius 2 is 1.84 bits per heavy atom. The Morgan fingerprint density at radius 3 is 2.32 bits per heavy atom. The molecule has 1 aromatic rings. The molecular weight excluding hydrogens is 232 g/mol. The zero-order valence-corrected chi connectivity index (χ0v) is 13.2. The molecule has 0 bridgehead atoms. The van der Waals surface area contributed by atoms with Gasteiger partial charge in [0.05, 0.1) is 7.11 Å². The van der Waals surface area contributed by atoms with E-state index < -0.39 is 0 Å². The van der Waals surface area contributed by atoms with Gasteiger partial charge in [-0.25, -0.2) is 0 Å². The predicted octanol–water partition coefficient (Wildman–Crippen LogP) is 5.29. The monoisotopic (exact) mass is 260 g/mol. The van der Waals surface area contributed by atoms with Gasteiger partial charge >= 0.3 is 0 Å². The van der Waals surface area contributed by atoms with Crippen LogP contribution in [0.4, 0.5) is 0 Å². The minimum atomic E-state index is 0.765. The van der Waals surface area contributed by atoms with Crippen molar-refractivity contribution in [1.82, 2.24) is 0 Å². The molecule has 0 aromatic heterocycles. The molecule has 1 nitrogen and oxygen atoms in total. The lowest BCUT2D eigenvalue weighted by Gasteiger charge is -2.26. The number of hydrogen-bond acceptors (Lipinski definition) is 1. The van der Waals surface area contributed by atoms with Crippen LogP contribution in [0.1, 0.15) is 55.4 Å². The summed E-state index contributed by atoms with van der Waals surface area (Å²) in [4.78, 5) is 0. The van der Waals surface area contributed by atoms with E-state index in [1.54, 1.807) is 7.11 Å². The Bertz CT molecular complexity index is 428. The highest BCUT2D eigenvalue weighted by molar-refractivity contribution is 5.62. The highest BCUT2D eigenvalue weighted by atomic mass is 16.5. The molecule has 19 heavy (non-hydrogen) atoms. The van der Waals surface area contributed by atoms with Gasteiger partial charge in [0.25, 0.3) is 0 Å². The van der Waals surface area contributed by atoms with E-state index in [9.17, 15) is 0 Å². The highest BCUT2D eigenvalue weighted by Gasteiger charge is 2.19. The van der Waals surface area contributed by atoms with Crippen LogP contribution in [-0.4, -0.2) is 7.11 Å². The normalized spacial score (nSPS) is 14.2. The maximum atomic E-state index is 5.23. The van der Waals surface area contributed by atoms with Crippen molar-refractivity contribution in [1.29, 1.82) is 0 Å². The molecule has 1 fully saturated rings. The fraction of sp³-hybridized carbons (Fsp3) is 0.556. The molecule has 0 heterocycles. The first-order chi connectivity index (χ1) is 9.11. The van der Waals surface area contributed by atoms with Gasteiger partial charge in [-0.05, 0) is 48.9 Å². The summed E-state index contributed by atoms with van der Waals surface area (Å²) in [7, 11) is 1.68. The summed E-state index contributed by atoms with van der Waals surface area (Å²) in [5, 5.41) is 0. The third kappa shape index (κ3) is 3.86. The summed E-state index contributed by atoms with van der Waals surface area (Å²) in [6.07, 6.45) is 5.48. The van der Waals surface area contributed by atoms with E-state index in [1.807, 2.05) is 13.8 Å². The fourth-order valence-electron chi connectivity index (χ4n) is 2.51. The second-order valence-corrected chi connectivity index (χ2v) is 5.22. The first-order valence-corrected chi connectivity index (χ1v) is 7.45. The molecule has 0 amide bonds. The molecule has 0 spiro atoms. The Hall–Kier alpha value is -1.24. The summed E-state index contributed by atoms with van der Waals surface area (Å²) in [5.41, 5.74) is 5.29. The molecule has 0 radical (unpaired) electrons. The maximum absolute atomic E-state index is 5.23. The van der Waals surface area contributed by atoms with Crippen molar-refractivity contribution in [2.24, 2.45) is 5.92 Å². The molecule has 1 saturated carbocycles. The lowest BCUT2D eigenvalue weighted by atomic mass is 9.79. The summed E-state index contributed by atoms with van der Waals surface area (Å²) < 4.78 is 5.23. The van der Waals surface area contributed by atoms with Crippen LogP contribution in [0.25, 0.3) is 5.76 Å². The molecule has 2 rings (SSSR count). The van der Waals surface area contributed by atoms with Crippen LogP contribution in [0.2, 0.25) is 0 Å². The van der Waals surface area contributed by atoms with Crippen LogP contribution in [0.5, 0.6) is 0 Å². The van der Waals surface area contributed by atoms with Crippen molar-refractivity contribution >= 4 is 5.76 Å². The number of hydrogen-bond donors (Lipinski definition) is 0. The Labute approximate surface area is 118 Å². The highest BCUT2D eigenvalue weighted by Crippen LogP contribution is 2.32. The molecule has 0 atom stereocenters. The molecule has 106 valence electrons. The Balaban J connectivity index is 0.000000861. The lowest BCUT2D eigenvalue weighted by molar-refractivity contribution is 0.314. The van der Waals surface area contributed by atoms with Crippen molar-refractivity contribution in [3.8, 4) is 0 Å². The molecule has 0 unspecified atom stereocenters. The topological polar surface area (TPSA) is 9.23 Å². The third-order valence-corrected chi connectivity index (χ3v) is 3.96. The average molecular weight is 260 g/mol.